The van der Waals surface area contributed by atoms with Crippen molar-refractivity contribution in [3.63, 3.8) is 0 Å². The van der Waals surface area contributed by atoms with E-state index in [0.29, 0.717) is 38.2 Å². The molecule has 1 atom stereocenters. The van der Waals surface area contributed by atoms with E-state index in [-0.39, 0.29) is 5.91 Å². The maximum absolute atomic E-state index is 11.9. The van der Waals surface area contributed by atoms with Crippen molar-refractivity contribution < 1.29 is 9.59 Å². The van der Waals surface area contributed by atoms with Crippen molar-refractivity contribution in [3.05, 3.63) is 35.9 Å². The number of carbonyl (C=O) groups excluding carboxylic acids is 2. The second-order valence-electron chi connectivity index (χ2n) is 5.19. The van der Waals surface area contributed by atoms with E-state index in [1.807, 2.05) is 30.3 Å². The van der Waals surface area contributed by atoms with Crippen molar-refractivity contribution in [3.8, 4) is 0 Å². The second-order valence-corrected chi connectivity index (χ2v) is 5.19. The van der Waals surface area contributed by atoms with Crippen molar-refractivity contribution in [2.75, 3.05) is 13.6 Å². The lowest BCUT2D eigenvalue weighted by Crippen LogP contribution is -2.45. The van der Waals surface area contributed by atoms with E-state index in [2.05, 4.69) is 15.6 Å². The van der Waals surface area contributed by atoms with E-state index in [1.54, 1.807) is 7.05 Å². The summed E-state index contributed by atoms with van der Waals surface area (Å²) in [6.07, 6.45) is 2.05. The Labute approximate surface area is 136 Å². The van der Waals surface area contributed by atoms with Gasteiger partial charge in [0, 0.05) is 20.0 Å². The van der Waals surface area contributed by atoms with Crippen molar-refractivity contribution in [1.82, 2.24) is 10.6 Å². The largest absolute Gasteiger partial charge is 0.370 e. The van der Waals surface area contributed by atoms with Crippen LogP contribution in [0.1, 0.15) is 24.8 Å². The second kappa shape index (κ2) is 10.2. The summed E-state index contributed by atoms with van der Waals surface area (Å²) in [6, 6.07) is 9.04. The summed E-state index contributed by atoms with van der Waals surface area (Å²) in [5.41, 5.74) is 11.9. The summed E-state index contributed by atoms with van der Waals surface area (Å²) in [5, 5.41) is 5.58. The summed E-state index contributed by atoms with van der Waals surface area (Å²) in [7, 11) is 1.58. The van der Waals surface area contributed by atoms with E-state index in [9.17, 15) is 9.59 Å². The van der Waals surface area contributed by atoms with Gasteiger partial charge in [0.25, 0.3) is 0 Å². The van der Waals surface area contributed by atoms with Crippen LogP contribution in [0.15, 0.2) is 35.3 Å². The molecule has 0 heterocycles. The number of rotatable bonds is 9. The number of benzene rings is 1. The lowest BCUT2D eigenvalue weighted by atomic mass is 10.1. The zero-order chi connectivity index (χ0) is 17.1. The van der Waals surface area contributed by atoms with Gasteiger partial charge in [0.05, 0.1) is 0 Å². The Morgan fingerprint density at radius 2 is 1.91 bits per heavy atom. The fourth-order valence-electron chi connectivity index (χ4n) is 2.06. The number of guanidine groups is 1. The van der Waals surface area contributed by atoms with Crippen LogP contribution in [0.3, 0.4) is 0 Å². The van der Waals surface area contributed by atoms with Gasteiger partial charge in [-0.1, -0.05) is 30.3 Å². The molecule has 0 saturated heterocycles. The van der Waals surface area contributed by atoms with E-state index in [1.165, 1.54) is 0 Å². The van der Waals surface area contributed by atoms with Gasteiger partial charge in [0.2, 0.25) is 11.8 Å². The van der Waals surface area contributed by atoms with E-state index in [4.69, 9.17) is 11.5 Å². The van der Waals surface area contributed by atoms with Crippen LogP contribution in [-0.4, -0.2) is 37.4 Å². The van der Waals surface area contributed by atoms with Gasteiger partial charge in [0.1, 0.15) is 6.04 Å². The zero-order valence-corrected chi connectivity index (χ0v) is 13.4. The number of carbonyl (C=O) groups is 2. The van der Waals surface area contributed by atoms with E-state index in [0.717, 1.165) is 5.56 Å². The first-order valence-electron chi connectivity index (χ1n) is 7.61. The molecule has 0 bridgehead atoms. The molecule has 6 N–H and O–H groups in total. The smallest absolute Gasteiger partial charge is 0.240 e. The minimum absolute atomic E-state index is 0.180. The van der Waals surface area contributed by atoms with Gasteiger partial charge in [-0.05, 0) is 24.8 Å². The predicted octanol–water partition coefficient (Wildman–Crippen LogP) is -0.0964. The summed E-state index contributed by atoms with van der Waals surface area (Å²) in [6.45, 7) is 0.562. The first kappa shape index (κ1) is 18.5. The molecule has 23 heavy (non-hydrogen) atoms. The number of hydrogen-bond donors (Lipinski definition) is 4. The molecule has 0 unspecified atom stereocenters. The van der Waals surface area contributed by atoms with Crippen LogP contribution in [-0.2, 0) is 16.0 Å². The monoisotopic (exact) mass is 319 g/mol. The Morgan fingerprint density at radius 1 is 1.22 bits per heavy atom. The van der Waals surface area contributed by atoms with Crippen LogP contribution in [0.5, 0.6) is 0 Å². The standard InChI is InChI=1S/C16H25N5O2/c1-19-16(18)20-11-5-8-13(15(17)23)21-14(22)10-9-12-6-3-2-4-7-12/h2-4,6-7,13H,5,8-11H2,1H3,(H2,17,23)(H,21,22)(H3,18,19,20)/t13-/m0/s1. The van der Waals surface area contributed by atoms with Crippen molar-refractivity contribution in [2.45, 2.75) is 31.7 Å². The molecule has 0 aliphatic heterocycles. The summed E-state index contributed by atoms with van der Waals surface area (Å²) in [4.78, 5) is 27.1. The van der Waals surface area contributed by atoms with Gasteiger partial charge in [-0.15, -0.1) is 0 Å². The molecular weight excluding hydrogens is 294 g/mol. The molecular formula is C16H25N5O2. The van der Waals surface area contributed by atoms with Crippen LogP contribution in [0.25, 0.3) is 0 Å². The van der Waals surface area contributed by atoms with Crippen LogP contribution < -0.4 is 22.1 Å². The zero-order valence-electron chi connectivity index (χ0n) is 13.4. The maximum atomic E-state index is 11.9. The highest BCUT2D eigenvalue weighted by atomic mass is 16.2. The predicted molar refractivity (Wildman–Crippen MR) is 90.7 cm³/mol. The molecule has 1 aromatic carbocycles. The number of hydrogen-bond acceptors (Lipinski definition) is 3. The van der Waals surface area contributed by atoms with E-state index >= 15 is 0 Å². The molecule has 2 amide bonds. The average molecular weight is 319 g/mol. The number of primary amides is 1. The third-order valence-corrected chi connectivity index (χ3v) is 3.38. The Morgan fingerprint density at radius 3 is 2.52 bits per heavy atom. The topological polar surface area (TPSA) is 123 Å². The molecule has 0 spiro atoms. The highest BCUT2D eigenvalue weighted by Gasteiger charge is 2.17. The Hall–Kier alpha value is -2.57. The molecule has 126 valence electrons. The maximum Gasteiger partial charge on any atom is 0.240 e. The number of nitrogens with one attached hydrogen (secondary N) is 2. The summed E-state index contributed by atoms with van der Waals surface area (Å²) < 4.78 is 0. The fourth-order valence-corrected chi connectivity index (χ4v) is 2.06. The minimum Gasteiger partial charge on any atom is -0.370 e. The highest BCUT2D eigenvalue weighted by molar-refractivity contribution is 5.86. The third kappa shape index (κ3) is 7.85. The lowest BCUT2D eigenvalue weighted by Gasteiger charge is -2.15. The first-order valence-corrected chi connectivity index (χ1v) is 7.61. The van der Waals surface area contributed by atoms with Crippen LogP contribution in [0.2, 0.25) is 0 Å². The first-order chi connectivity index (χ1) is 11.0. The average Bonchev–Trinajstić information content (AvgIpc) is 2.56. The van der Waals surface area contributed by atoms with Gasteiger partial charge >= 0.3 is 0 Å². The van der Waals surface area contributed by atoms with Crippen molar-refractivity contribution >= 4 is 17.8 Å². The number of nitrogens with two attached hydrogens (primary N) is 2. The fraction of sp³-hybridized carbons (Fsp3) is 0.438. The third-order valence-electron chi connectivity index (χ3n) is 3.38. The van der Waals surface area contributed by atoms with Gasteiger partial charge in [-0.25, -0.2) is 0 Å². The molecule has 7 heteroatoms. The SMILES string of the molecule is CN=C(N)NCCC[C@H](NC(=O)CCc1ccccc1)C(N)=O. The Bertz CT molecular complexity index is 531. The highest BCUT2D eigenvalue weighted by Crippen LogP contribution is 2.03. The van der Waals surface area contributed by atoms with Crippen molar-refractivity contribution in [2.24, 2.45) is 16.5 Å². The van der Waals surface area contributed by atoms with Crippen molar-refractivity contribution in [1.29, 1.82) is 0 Å². The molecule has 1 aromatic rings. The molecule has 0 aromatic heterocycles. The number of amides is 2. The molecule has 0 fully saturated rings. The molecule has 0 radical (unpaired) electrons. The quantitative estimate of drug-likeness (QED) is 0.288. The molecule has 0 aliphatic carbocycles. The number of aryl methyl sites for hydroxylation is 1. The number of nitrogens with zero attached hydrogens (tertiary/aromatic N) is 1. The van der Waals surface area contributed by atoms with Gasteiger partial charge in [-0.3, -0.25) is 14.6 Å². The van der Waals surface area contributed by atoms with Crippen LogP contribution >= 0.6 is 0 Å². The van der Waals surface area contributed by atoms with Crippen LogP contribution in [0, 0.1) is 0 Å². The summed E-state index contributed by atoms with van der Waals surface area (Å²) in [5.74, 6) is -0.372. The van der Waals surface area contributed by atoms with Gasteiger partial charge in [0.15, 0.2) is 5.96 Å². The van der Waals surface area contributed by atoms with Gasteiger partial charge < -0.3 is 22.1 Å². The van der Waals surface area contributed by atoms with Gasteiger partial charge in [-0.2, -0.15) is 0 Å². The molecule has 7 nitrogen and oxygen atoms in total. The van der Waals surface area contributed by atoms with E-state index < -0.39 is 11.9 Å². The van der Waals surface area contributed by atoms with Crippen LogP contribution in [0.4, 0.5) is 0 Å². The Kier molecular flexibility index (Phi) is 8.20. The summed E-state index contributed by atoms with van der Waals surface area (Å²) >= 11 is 0. The molecule has 1 rings (SSSR count). The number of aliphatic imine (C=N–C) groups is 1. The lowest BCUT2D eigenvalue weighted by molar-refractivity contribution is -0.127. The molecule has 0 saturated carbocycles. The normalized spacial score (nSPS) is 12.5. The Balaban J connectivity index is 2.33. The minimum atomic E-state index is -0.667. The molecule has 0 aliphatic rings.